The Bertz CT molecular complexity index is 583. The van der Waals surface area contributed by atoms with Crippen molar-refractivity contribution in [2.45, 2.75) is 58.0 Å². The predicted molar refractivity (Wildman–Crippen MR) is 87.4 cm³/mol. The molecule has 0 aromatic carbocycles. The Morgan fingerprint density at radius 2 is 2.17 bits per heavy atom. The lowest BCUT2D eigenvalue weighted by molar-refractivity contribution is 0.0520. The first kappa shape index (κ1) is 15.9. The minimum atomic E-state index is -0.408. The number of hydrogen-bond donors (Lipinski definition) is 2. The van der Waals surface area contributed by atoms with Crippen LogP contribution in [-0.4, -0.2) is 40.6 Å². The highest BCUT2D eigenvalue weighted by atomic mass is 16.5. The van der Waals surface area contributed by atoms with Crippen molar-refractivity contribution in [3.8, 4) is 0 Å². The van der Waals surface area contributed by atoms with Crippen molar-refractivity contribution in [1.29, 1.82) is 0 Å². The van der Waals surface area contributed by atoms with Crippen LogP contribution in [0.25, 0.3) is 0 Å². The Labute approximate surface area is 136 Å². The van der Waals surface area contributed by atoms with Gasteiger partial charge in [0.25, 0.3) is 0 Å². The number of rotatable bonds is 3. The van der Waals surface area contributed by atoms with Crippen molar-refractivity contribution >= 4 is 17.7 Å². The lowest BCUT2D eigenvalue weighted by Gasteiger charge is -2.33. The van der Waals surface area contributed by atoms with Crippen molar-refractivity contribution < 1.29 is 14.3 Å². The van der Waals surface area contributed by atoms with E-state index in [9.17, 15) is 9.59 Å². The monoisotopic (exact) mass is 319 g/mol. The number of amides is 2. The van der Waals surface area contributed by atoms with Gasteiger partial charge in [0, 0.05) is 18.3 Å². The van der Waals surface area contributed by atoms with Crippen molar-refractivity contribution in [1.82, 2.24) is 9.88 Å². The normalized spacial score (nSPS) is 26.7. The van der Waals surface area contributed by atoms with Crippen LogP contribution in [0.4, 0.5) is 10.5 Å². The number of H-pyrrole nitrogens is 1. The molecule has 2 aliphatic rings. The number of fused-ring (bicyclic) bond motifs is 1. The van der Waals surface area contributed by atoms with Gasteiger partial charge in [0.15, 0.2) is 0 Å². The second-order valence-corrected chi connectivity index (χ2v) is 6.56. The smallest absolute Gasteiger partial charge is 0.354 e. The van der Waals surface area contributed by atoms with Gasteiger partial charge in [-0.3, -0.25) is 0 Å². The summed E-state index contributed by atoms with van der Waals surface area (Å²) in [5.41, 5.74) is 0.955. The van der Waals surface area contributed by atoms with Gasteiger partial charge in [0.1, 0.15) is 5.69 Å². The van der Waals surface area contributed by atoms with E-state index in [1.54, 1.807) is 19.2 Å². The van der Waals surface area contributed by atoms with E-state index in [1.165, 1.54) is 19.3 Å². The molecule has 0 unspecified atom stereocenters. The number of carbonyl (C=O) groups is 2. The molecule has 3 atom stereocenters. The highest BCUT2D eigenvalue weighted by Gasteiger charge is 2.42. The standard InChI is InChI=1S/C17H25N3O3/c1-3-23-16(21)14-9-13(10-18-14)19-17(22)20-11(2)8-12-6-4-5-7-15(12)20/h9-12,15,18H,3-8H2,1-2H3,(H,19,22)/t11-,12+,15-/m1/s1. The third-order valence-corrected chi connectivity index (χ3v) is 5.01. The molecule has 1 aliphatic carbocycles. The summed E-state index contributed by atoms with van der Waals surface area (Å²) in [5.74, 6) is 0.237. The average Bonchev–Trinajstić information content (AvgIpc) is 3.10. The minimum Gasteiger partial charge on any atom is -0.461 e. The summed E-state index contributed by atoms with van der Waals surface area (Å²) in [6.45, 7) is 4.21. The average molecular weight is 319 g/mol. The number of hydrogen-bond acceptors (Lipinski definition) is 3. The molecule has 6 nitrogen and oxygen atoms in total. The molecule has 1 saturated heterocycles. The molecule has 23 heavy (non-hydrogen) atoms. The van der Waals surface area contributed by atoms with E-state index in [1.807, 2.05) is 4.90 Å². The van der Waals surface area contributed by atoms with E-state index in [0.29, 0.717) is 29.9 Å². The van der Waals surface area contributed by atoms with Crippen molar-refractivity contribution in [2.75, 3.05) is 11.9 Å². The van der Waals surface area contributed by atoms with Crippen LogP contribution in [0.15, 0.2) is 12.3 Å². The van der Waals surface area contributed by atoms with Gasteiger partial charge >= 0.3 is 12.0 Å². The molecule has 6 heteroatoms. The zero-order valence-electron chi connectivity index (χ0n) is 13.8. The van der Waals surface area contributed by atoms with Crippen LogP contribution in [0.2, 0.25) is 0 Å². The molecule has 126 valence electrons. The van der Waals surface area contributed by atoms with Crippen LogP contribution in [-0.2, 0) is 4.74 Å². The first-order chi connectivity index (χ1) is 11.1. The van der Waals surface area contributed by atoms with Crippen LogP contribution < -0.4 is 5.32 Å². The quantitative estimate of drug-likeness (QED) is 0.839. The number of aromatic nitrogens is 1. The molecule has 2 N–H and O–H groups in total. The molecule has 2 heterocycles. The summed E-state index contributed by atoms with van der Waals surface area (Å²) in [6, 6.07) is 2.18. The molecule has 1 saturated carbocycles. The highest BCUT2D eigenvalue weighted by Crippen LogP contribution is 2.39. The highest BCUT2D eigenvalue weighted by molar-refractivity contribution is 5.93. The lowest BCUT2D eigenvalue weighted by atomic mass is 9.85. The maximum atomic E-state index is 12.7. The maximum Gasteiger partial charge on any atom is 0.354 e. The Morgan fingerprint density at radius 3 is 2.96 bits per heavy atom. The molecule has 2 fully saturated rings. The second kappa shape index (κ2) is 6.64. The summed E-state index contributed by atoms with van der Waals surface area (Å²) < 4.78 is 4.94. The summed E-state index contributed by atoms with van der Waals surface area (Å²) >= 11 is 0. The number of esters is 1. The predicted octanol–water partition coefficient (Wildman–Crippen LogP) is 3.38. The van der Waals surface area contributed by atoms with E-state index in [-0.39, 0.29) is 12.1 Å². The second-order valence-electron chi connectivity index (χ2n) is 6.56. The van der Waals surface area contributed by atoms with E-state index in [2.05, 4.69) is 17.2 Å². The number of aromatic amines is 1. The Morgan fingerprint density at radius 1 is 1.39 bits per heavy atom. The third kappa shape index (κ3) is 3.21. The van der Waals surface area contributed by atoms with Crippen LogP contribution in [0.5, 0.6) is 0 Å². The number of urea groups is 1. The van der Waals surface area contributed by atoms with Gasteiger partial charge in [-0.25, -0.2) is 9.59 Å². The van der Waals surface area contributed by atoms with Gasteiger partial charge in [-0.1, -0.05) is 12.8 Å². The number of nitrogens with one attached hydrogen (secondary N) is 2. The van der Waals surface area contributed by atoms with Crippen molar-refractivity contribution in [2.24, 2.45) is 5.92 Å². The third-order valence-electron chi connectivity index (χ3n) is 5.01. The Kier molecular flexibility index (Phi) is 4.59. The number of anilines is 1. The van der Waals surface area contributed by atoms with Gasteiger partial charge in [-0.15, -0.1) is 0 Å². The molecule has 3 rings (SSSR count). The van der Waals surface area contributed by atoms with Gasteiger partial charge in [-0.05, 0) is 45.1 Å². The summed E-state index contributed by atoms with van der Waals surface area (Å²) in [7, 11) is 0. The Hall–Kier alpha value is -1.98. The van der Waals surface area contributed by atoms with Crippen LogP contribution in [0, 0.1) is 5.92 Å². The fourth-order valence-electron chi connectivity index (χ4n) is 4.04. The summed E-state index contributed by atoms with van der Waals surface area (Å²) in [6.07, 6.45) is 7.54. The molecule has 1 aliphatic heterocycles. The van der Waals surface area contributed by atoms with Crippen LogP contribution in [0.1, 0.15) is 56.4 Å². The largest absolute Gasteiger partial charge is 0.461 e. The molecule has 1 aromatic heterocycles. The SMILES string of the molecule is CCOC(=O)c1cc(NC(=O)N2[C@H](C)C[C@@H]3CCCC[C@H]32)c[nH]1. The molecule has 1 aromatic rings. The molecule has 2 amide bonds. The topological polar surface area (TPSA) is 74.4 Å². The fraction of sp³-hybridized carbons (Fsp3) is 0.647. The van der Waals surface area contributed by atoms with Crippen molar-refractivity contribution in [3.63, 3.8) is 0 Å². The minimum absolute atomic E-state index is 0.0682. The van der Waals surface area contributed by atoms with Crippen LogP contribution >= 0.6 is 0 Å². The van der Waals surface area contributed by atoms with E-state index in [0.717, 1.165) is 12.8 Å². The zero-order chi connectivity index (χ0) is 16.4. The van der Waals surface area contributed by atoms with Gasteiger partial charge in [0.2, 0.25) is 0 Å². The lowest BCUT2D eigenvalue weighted by Crippen LogP contribution is -2.44. The summed E-state index contributed by atoms with van der Waals surface area (Å²) in [5, 5.41) is 2.91. The van der Waals surface area contributed by atoms with E-state index >= 15 is 0 Å². The molecular formula is C17H25N3O3. The Balaban J connectivity index is 1.66. The number of ether oxygens (including phenoxy) is 1. The van der Waals surface area contributed by atoms with Gasteiger partial charge in [-0.2, -0.15) is 0 Å². The first-order valence-electron chi connectivity index (χ1n) is 8.55. The van der Waals surface area contributed by atoms with Crippen LogP contribution in [0.3, 0.4) is 0 Å². The molecule has 0 radical (unpaired) electrons. The van der Waals surface area contributed by atoms with E-state index < -0.39 is 5.97 Å². The molecule has 0 bridgehead atoms. The fourth-order valence-corrected chi connectivity index (χ4v) is 4.04. The summed E-state index contributed by atoms with van der Waals surface area (Å²) in [4.78, 5) is 29.2. The van der Waals surface area contributed by atoms with Gasteiger partial charge < -0.3 is 19.9 Å². The first-order valence-corrected chi connectivity index (χ1v) is 8.55. The number of nitrogens with zero attached hydrogens (tertiary/aromatic N) is 1. The zero-order valence-corrected chi connectivity index (χ0v) is 13.8. The molecular weight excluding hydrogens is 294 g/mol. The maximum absolute atomic E-state index is 12.7. The van der Waals surface area contributed by atoms with Gasteiger partial charge in [0.05, 0.1) is 12.3 Å². The number of likely N-dealkylation sites (tertiary alicyclic amines) is 1. The van der Waals surface area contributed by atoms with Crippen molar-refractivity contribution in [3.05, 3.63) is 18.0 Å². The number of carbonyl (C=O) groups excluding carboxylic acids is 2. The van der Waals surface area contributed by atoms with E-state index in [4.69, 9.17) is 4.74 Å². The molecule has 0 spiro atoms.